The lowest BCUT2D eigenvalue weighted by molar-refractivity contribution is -0.131. The molecule has 2 aromatic rings. The fourth-order valence-corrected chi connectivity index (χ4v) is 2.83. The Morgan fingerprint density at radius 3 is 2.73 bits per heavy atom. The molecule has 0 unspecified atom stereocenters. The second kappa shape index (κ2) is 6.19. The molecule has 1 amide bonds. The Morgan fingerprint density at radius 1 is 1.18 bits per heavy atom. The number of nitrogens with one attached hydrogen (secondary N) is 1. The summed E-state index contributed by atoms with van der Waals surface area (Å²) in [5, 5.41) is 4.13. The molecule has 0 spiro atoms. The maximum absolute atomic E-state index is 12.2. The van der Waals surface area contributed by atoms with E-state index in [1.54, 1.807) is 16.7 Å². The number of nitrogen functional groups attached to an aromatic ring is 1. The lowest BCUT2D eigenvalue weighted by Crippen LogP contribution is -2.46. The van der Waals surface area contributed by atoms with Gasteiger partial charge in [0, 0.05) is 56.3 Å². The molecule has 6 nitrogen and oxygen atoms in total. The molecule has 1 saturated heterocycles. The van der Waals surface area contributed by atoms with Crippen molar-refractivity contribution in [2.24, 2.45) is 0 Å². The summed E-state index contributed by atoms with van der Waals surface area (Å²) in [5.74, 6) is 0.0980. The fraction of sp³-hybridized carbons (Fsp3) is 0.375. The molecule has 3 N–H and O–H groups in total. The van der Waals surface area contributed by atoms with E-state index >= 15 is 0 Å². The van der Waals surface area contributed by atoms with Crippen molar-refractivity contribution in [2.75, 3.05) is 31.9 Å². The van der Waals surface area contributed by atoms with Crippen LogP contribution < -0.4 is 16.6 Å². The topological polar surface area (TPSA) is 80.4 Å². The number of pyridine rings is 1. The number of amides is 1. The molecule has 1 aliphatic rings. The van der Waals surface area contributed by atoms with Crippen LogP contribution >= 0.6 is 0 Å². The summed E-state index contributed by atoms with van der Waals surface area (Å²) < 4.78 is 1.65. The third-order valence-corrected chi connectivity index (χ3v) is 4.03. The lowest BCUT2D eigenvalue weighted by atomic mass is 10.2. The number of benzene rings is 1. The quantitative estimate of drug-likeness (QED) is 0.804. The van der Waals surface area contributed by atoms with Crippen molar-refractivity contribution < 1.29 is 4.79 Å². The lowest BCUT2D eigenvalue weighted by Gasteiger charge is -2.27. The average Bonchev–Trinajstić information content (AvgIpc) is 2.54. The van der Waals surface area contributed by atoms with Crippen LogP contribution in [0.3, 0.4) is 0 Å². The zero-order valence-corrected chi connectivity index (χ0v) is 12.4. The van der Waals surface area contributed by atoms with Crippen molar-refractivity contribution in [1.29, 1.82) is 0 Å². The van der Waals surface area contributed by atoms with Crippen LogP contribution in [0, 0.1) is 0 Å². The van der Waals surface area contributed by atoms with Gasteiger partial charge in [-0.25, -0.2) is 0 Å². The zero-order valence-electron chi connectivity index (χ0n) is 12.4. The van der Waals surface area contributed by atoms with Gasteiger partial charge in [0.2, 0.25) is 5.91 Å². The van der Waals surface area contributed by atoms with Crippen LogP contribution in [-0.4, -0.2) is 41.6 Å². The summed E-state index contributed by atoms with van der Waals surface area (Å²) in [7, 11) is 0. The van der Waals surface area contributed by atoms with E-state index < -0.39 is 0 Å². The van der Waals surface area contributed by atoms with Gasteiger partial charge in [0.05, 0.1) is 5.52 Å². The number of fused-ring (bicyclic) bond motifs is 1. The highest BCUT2D eigenvalue weighted by molar-refractivity contribution is 5.82. The summed E-state index contributed by atoms with van der Waals surface area (Å²) in [6, 6.07) is 8.74. The molecule has 0 bridgehead atoms. The molecule has 0 radical (unpaired) electrons. The summed E-state index contributed by atoms with van der Waals surface area (Å²) in [5.41, 5.74) is 7.16. The largest absolute Gasteiger partial charge is 0.399 e. The van der Waals surface area contributed by atoms with Crippen molar-refractivity contribution in [1.82, 2.24) is 14.8 Å². The van der Waals surface area contributed by atoms with Gasteiger partial charge in [-0.1, -0.05) is 0 Å². The standard InChI is InChI=1S/C16H20N4O2/c17-13-2-3-14-12(11-13)1-4-16(22)20(14)8-5-15(21)19-9-6-18-7-10-19/h1-4,11,18H,5-10,17H2. The van der Waals surface area contributed by atoms with E-state index in [-0.39, 0.29) is 11.5 Å². The normalized spacial score (nSPS) is 15.2. The minimum Gasteiger partial charge on any atom is -0.399 e. The number of carbonyl (C=O) groups is 1. The third kappa shape index (κ3) is 2.96. The van der Waals surface area contributed by atoms with Gasteiger partial charge < -0.3 is 20.5 Å². The maximum Gasteiger partial charge on any atom is 0.251 e. The van der Waals surface area contributed by atoms with Gasteiger partial charge >= 0.3 is 0 Å². The summed E-state index contributed by atoms with van der Waals surface area (Å²) >= 11 is 0. The molecule has 3 rings (SSSR count). The first-order valence-electron chi connectivity index (χ1n) is 7.53. The predicted molar refractivity (Wildman–Crippen MR) is 86.7 cm³/mol. The number of aryl methyl sites for hydroxylation is 1. The van der Waals surface area contributed by atoms with E-state index in [0.717, 1.165) is 37.1 Å². The van der Waals surface area contributed by atoms with Crippen LogP contribution in [0.5, 0.6) is 0 Å². The number of anilines is 1. The van der Waals surface area contributed by atoms with Crippen LogP contribution in [0.2, 0.25) is 0 Å². The summed E-state index contributed by atoms with van der Waals surface area (Å²) in [4.78, 5) is 26.2. The molecule has 2 heterocycles. The Balaban J connectivity index is 1.80. The third-order valence-electron chi connectivity index (χ3n) is 4.03. The number of nitrogens with zero attached hydrogens (tertiary/aromatic N) is 2. The van der Waals surface area contributed by atoms with Gasteiger partial charge in [-0.3, -0.25) is 9.59 Å². The van der Waals surface area contributed by atoms with E-state index in [2.05, 4.69) is 5.32 Å². The van der Waals surface area contributed by atoms with Crippen LogP contribution in [0.15, 0.2) is 35.1 Å². The molecule has 0 aliphatic carbocycles. The van der Waals surface area contributed by atoms with E-state index in [0.29, 0.717) is 18.7 Å². The first kappa shape index (κ1) is 14.6. The Bertz CT molecular complexity index is 747. The fourth-order valence-electron chi connectivity index (χ4n) is 2.83. The first-order chi connectivity index (χ1) is 10.6. The minimum absolute atomic E-state index is 0.0922. The van der Waals surface area contributed by atoms with Gasteiger partial charge in [0.15, 0.2) is 0 Å². The van der Waals surface area contributed by atoms with Crippen LogP contribution in [0.1, 0.15) is 6.42 Å². The van der Waals surface area contributed by atoms with Crippen molar-refractivity contribution in [2.45, 2.75) is 13.0 Å². The highest BCUT2D eigenvalue weighted by atomic mass is 16.2. The molecule has 6 heteroatoms. The zero-order chi connectivity index (χ0) is 15.5. The molecule has 22 heavy (non-hydrogen) atoms. The number of rotatable bonds is 3. The predicted octanol–water partition coefficient (Wildman–Crippen LogP) is 0.406. The van der Waals surface area contributed by atoms with E-state index in [1.807, 2.05) is 17.0 Å². The molecule has 1 aromatic carbocycles. The molecule has 116 valence electrons. The van der Waals surface area contributed by atoms with Gasteiger partial charge in [-0.05, 0) is 24.3 Å². The van der Waals surface area contributed by atoms with Gasteiger partial charge in [-0.2, -0.15) is 0 Å². The van der Waals surface area contributed by atoms with Crippen molar-refractivity contribution >= 4 is 22.5 Å². The SMILES string of the molecule is Nc1ccc2c(ccc(=O)n2CCC(=O)N2CCNCC2)c1. The van der Waals surface area contributed by atoms with E-state index in [9.17, 15) is 9.59 Å². The molecule has 0 atom stereocenters. The molecule has 1 aromatic heterocycles. The number of piperazine rings is 1. The number of hydrogen-bond acceptors (Lipinski definition) is 4. The van der Waals surface area contributed by atoms with E-state index in [1.165, 1.54) is 6.07 Å². The van der Waals surface area contributed by atoms with Crippen molar-refractivity contribution in [3.8, 4) is 0 Å². The number of hydrogen-bond donors (Lipinski definition) is 2. The Morgan fingerprint density at radius 2 is 1.95 bits per heavy atom. The van der Waals surface area contributed by atoms with Crippen molar-refractivity contribution in [3.63, 3.8) is 0 Å². The maximum atomic E-state index is 12.2. The van der Waals surface area contributed by atoms with Gasteiger partial charge in [-0.15, -0.1) is 0 Å². The molecule has 0 saturated carbocycles. The molecular formula is C16H20N4O2. The number of nitrogens with two attached hydrogens (primary N) is 1. The highest BCUT2D eigenvalue weighted by Gasteiger charge is 2.16. The van der Waals surface area contributed by atoms with Crippen LogP contribution in [0.25, 0.3) is 10.9 Å². The van der Waals surface area contributed by atoms with Crippen LogP contribution in [-0.2, 0) is 11.3 Å². The molecule has 1 aliphatic heterocycles. The van der Waals surface area contributed by atoms with E-state index in [4.69, 9.17) is 5.73 Å². The number of carbonyl (C=O) groups excluding carboxylic acids is 1. The van der Waals surface area contributed by atoms with Gasteiger partial charge in [0.25, 0.3) is 5.56 Å². The monoisotopic (exact) mass is 300 g/mol. The molecular weight excluding hydrogens is 280 g/mol. The average molecular weight is 300 g/mol. The summed E-state index contributed by atoms with van der Waals surface area (Å²) in [6.45, 7) is 3.53. The Hall–Kier alpha value is -2.34. The minimum atomic E-state index is -0.0922. The Kier molecular flexibility index (Phi) is 4.11. The van der Waals surface area contributed by atoms with Gasteiger partial charge in [0.1, 0.15) is 0 Å². The smallest absolute Gasteiger partial charge is 0.251 e. The molecule has 1 fully saturated rings. The Labute approximate surface area is 128 Å². The number of aromatic nitrogens is 1. The highest BCUT2D eigenvalue weighted by Crippen LogP contribution is 2.16. The second-order valence-electron chi connectivity index (χ2n) is 5.52. The van der Waals surface area contributed by atoms with Crippen LogP contribution in [0.4, 0.5) is 5.69 Å². The first-order valence-corrected chi connectivity index (χ1v) is 7.53. The summed E-state index contributed by atoms with van der Waals surface area (Å²) in [6.07, 6.45) is 0.337. The van der Waals surface area contributed by atoms with Crippen molar-refractivity contribution in [3.05, 3.63) is 40.7 Å². The second-order valence-corrected chi connectivity index (χ2v) is 5.52.